The zero-order valence-electron chi connectivity index (χ0n) is 17.3. The lowest BCUT2D eigenvalue weighted by Crippen LogP contribution is -2.50. The highest BCUT2D eigenvalue weighted by molar-refractivity contribution is 7.13. The Morgan fingerprint density at radius 2 is 1.97 bits per heavy atom. The second-order valence-electron chi connectivity index (χ2n) is 7.07. The number of nitrogens with zero attached hydrogens (tertiary/aromatic N) is 3. The van der Waals surface area contributed by atoms with Crippen LogP contribution in [-0.2, 0) is 4.79 Å². The van der Waals surface area contributed by atoms with Gasteiger partial charge in [-0.3, -0.25) is 14.6 Å². The van der Waals surface area contributed by atoms with Gasteiger partial charge in [-0.2, -0.15) is 5.26 Å². The van der Waals surface area contributed by atoms with Crippen molar-refractivity contribution in [3.63, 3.8) is 0 Å². The molecule has 0 spiro atoms. The normalized spacial score (nSPS) is 12.4. The minimum absolute atomic E-state index is 0.0668. The second kappa shape index (κ2) is 10.5. The highest BCUT2D eigenvalue weighted by Gasteiger charge is 2.26. The summed E-state index contributed by atoms with van der Waals surface area (Å²) in [4.78, 5) is 33.8. The number of carbonyl (C=O) groups excluding carboxylic acids is 2. The molecule has 0 bridgehead atoms. The second-order valence-corrected chi connectivity index (χ2v) is 7.93. The SMILES string of the molecule is CCC(C)C(NC(=O)c1ccc(-c2csc(-c3cccnc3)n2)cc1)C(=O)NCC#N. The van der Waals surface area contributed by atoms with E-state index in [4.69, 9.17) is 5.26 Å². The van der Waals surface area contributed by atoms with Gasteiger partial charge >= 0.3 is 0 Å². The summed E-state index contributed by atoms with van der Waals surface area (Å²) in [6.45, 7) is 3.75. The van der Waals surface area contributed by atoms with Gasteiger partial charge in [-0.1, -0.05) is 32.4 Å². The lowest BCUT2D eigenvalue weighted by molar-refractivity contribution is -0.123. The lowest BCUT2D eigenvalue weighted by atomic mass is 9.97. The topological polar surface area (TPSA) is 108 Å². The van der Waals surface area contributed by atoms with Crippen molar-refractivity contribution in [2.45, 2.75) is 26.3 Å². The molecular formula is C23H23N5O2S. The van der Waals surface area contributed by atoms with E-state index < -0.39 is 6.04 Å². The molecule has 0 saturated heterocycles. The van der Waals surface area contributed by atoms with Crippen molar-refractivity contribution in [3.05, 3.63) is 59.7 Å². The number of nitrogens with one attached hydrogen (secondary N) is 2. The van der Waals surface area contributed by atoms with Gasteiger partial charge in [-0.25, -0.2) is 4.98 Å². The molecule has 2 N–H and O–H groups in total. The first-order valence-electron chi connectivity index (χ1n) is 9.95. The van der Waals surface area contributed by atoms with Crippen LogP contribution in [-0.4, -0.2) is 34.4 Å². The maximum atomic E-state index is 12.7. The van der Waals surface area contributed by atoms with Crippen LogP contribution in [0.4, 0.5) is 0 Å². The molecule has 7 nitrogen and oxygen atoms in total. The Balaban J connectivity index is 1.72. The summed E-state index contributed by atoms with van der Waals surface area (Å²) in [6.07, 6.45) is 4.21. The molecule has 158 valence electrons. The summed E-state index contributed by atoms with van der Waals surface area (Å²) >= 11 is 1.53. The van der Waals surface area contributed by atoms with E-state index in [1.54, 1.807) is 24.5 Å². The number of rotatable bonds is 8. The van der Waals surface area contributed by atoms with E-state index in [1.165, 1.54) is 11.3 Å². The van der Waals surface area contributed by atoms with Crippen molar-refractivity contribution in [1.29, 1.82) is 5.26 Å². The monoisotopic (exact) mass is 433 g/mol. The van der Waals surface area contributed by atoms with Gasteiger partial charge < -0.3 is 10.6 Å². The molecule has 3 aromatic rings. The first kappa shape index (κ1) is 22.1. The summed E-state index contributed by atoms with van der Waals surface area (Å²) in [5.74, 6) is -0.757. The fourth-order valence-electron chi connectivity index (χ4n) is 2.98. The molecule has 3 rings (SSSR count). The van der Waals surface area contributed by atoms with E-state index in [9.17, 15) is 9.59 Å². The summed E-state index contributed by atoms with van der Waals surface area (Å²) in [7, 11) is 0. The third-order valence-electron chi connectivity index (χ3n) is 4.98. The molecule has 2 unspecified atom stereocenters. The van der Waals surface area contributed by atoms with Gasteiger partial charge in [-0.15, -0.1) is 11.3 Å². The first-order chi connectivity index (χ1) is 15.0. The number of hydrogen-bond acceptors (Lipinski definition) is 6. The molecule has 0 aliphatic carbocycles. The van der Waals surface area contributed by atoms with E-state index in [0.717, 1.165) is 21.8 Å². The molecule has 2 heterocycles. The standard InChI is InChI=1S/C23H23N5O2S/c1-3-15(2)20(22(30)26-12-10-24)28-21(29)17-8-6-16(7-9-17)19-14-31-23(27-19)18-5-4-11-25-13-18/h4-9,11,13-15,20H,3,12H2,1-2H3,(H,26,30)(H,28,29). The van der Waals surface area contributed by atoms with Gasteiger partial charge in [0.2, 0.25) is 5.91 Å². The molecule has 0 aliphatic rings. The van der Waals surface area contributed by atoms with Gasteiger partial charge in [0, 0.05) is 34.5 Å². The van der Waals surface area contributed by atoms with Crippen molar-refractivity contribution in [2.75, 3.05) is 6.54 Å². The predicted molar refractivity (Wildman–Crippen MR) is 120 cm³/mol. The fraction of sp³-hybridized carbons (Fsp3) is 0.261. The number of nitriles is 1. The molecule has 0 aliphatic heterocycles. The number of thiazole rings is 1. The van der Waals surface area contributed by atoms with Crippen LogP contribution >= 0.6 is 11.3 Å². The number of hydrogen-bond donors (Lipinski definition) is 2. The highest BCUT2D eigenvalue weighted by atomic mass is 32.1. The molecule has 0 fully saturated rings. The van der Waals surface area contributed by atoms with Crippen LogP contribution < -0.4 is 10.6 Å². The van der Waals surface area contributed by atoms with Gasteiger partial charge in [0.05, 0.1) is 11.8 Å². The number of aromatic nitrogens is 2. The van der Waals surface area contributed by atoms with E-state index in [1.807, 2.05) is 49.6 Å². The minimum atomic E-state index is -0.703. The summed E-state index contributed by atoms with van der Waals surface area (Å²) in [5, 5.41) is 16.8. The van der Waals surface area contributed by atoms with E-state index in [-0.39, 0.29) is 24.3 Å². The van der Waals surface area contributed by atoms with Gasteiger partial charge in [-0.05, 0) is 30.2 Å². The third kappa shape index (κ3) is 5.53. The van der Waals surface area contributed by atoms with Crippen LogP contribution in [0.1, 0.15) is 30.6 Å². The van der Waals surface area contributed by atoms with Crippen molar-refractivity contribution in [3.8, 4) is 27.9 Å². The Kier molecular flexibility index (Phi) is 7.46. The summed E-state index contributed by atoms with van der Waals surface area (Å²) in [6, 6.07) is 12.1. The smallest absolute Gasteiger partial charge is 0.251 e. The number of pyridine rings is 1. The van der Waals surface area contributed by atoms with Crippen molar-refractivity contribution >= 4 is 23.2 Å². The number of carbonyl (C=O) groups is 2. The minimum Gasteiger partial charge on any atom is -0.341 e. The third-order valence-corrected chi connectivity index (χ3v) is 5.87. The molecule has 2 amide bonds. The van der Waals surface area contributed by atoms with Crippen LogP contribution in [0.2, 0.25) is 0 Å². The number of amides is 2. The molecule has 2 atom stereocenters. The van der Waals surface area contributed by atoms with Crippen LogP contribution in [0, 0.1) is 17.2 Å². The van der Waals surface area contributed by atoms with Gasteiger partial charge in [0.15, 0.2) is 0 Å². The maximum Gasteiger partial charge on any atom is 0.251 e. The van der Waals surface area contributed by atoms with Gasteiger partial charge in [0.1, 0.15) is 17.6 Å². The van der Waals surface area contributed by atoms with E-state index in [2.05, 4.69) is 20.6 Å². The predicted octanol–water partition coefficient (Wildman–Crippen LogP) is 3.66. The molecular weight excluding hydrogens is 410 g/mol. The molecule has 0 radical (unpaired) electrons. The van der Waals surface area contributed by atoms with Crippen LogP contribution in [0.15, 0.2) is 54.2 Å². The largest absolute Gasteiger partial charge is 0.341 e. The average Bonchev–Trinajstić information content (AvgIpc) is 3.31. The maximum absolute atomic E-state index is 12.7. The summed E-state index contributed by atoms with van der Waals surface area (Å²) in [5.41, 5.74) is 3.13. The van der Waals surface area contributed by atoms with Crippen molar-refractivity contribution < 1.29 is 9.59 Å². The summed E-state index contributed by atoms with van der Waals surface area (Å²) < 4.78 is 0. The molecule has 31 heavy (non-hydrogen) atoms. The van der Waals surface area contributed by atoms with Gasteiger partial charge in [0.25, 0.3) is 5.91 Å². The molecule has 1 aromatic carbocycles. The quantitative estimate of drug-likeness (QED) is 0.527. The Morgan fingerprint density at radius 1 is 1.19 bits per heavy atom. The van der Waals surface area contributed by atoms with E-state index >= 15 is 0 Å². The van der Waals surface area contributed by atoms with Crippen molar-refractivity contribution in [1.82, 2.24) is 20.6 Å². The number of benzene rings is 1. The zero-order chi connectivity index (χ0) is 22.2. The molecule has 2 aromatic heterocycles. The lowest BCUT2D eigenvalue weighted by Gasteiger charge is -2.23. The Labute approximate surface area is 185 Å². The van der Waals surface area contributed by atoms with Crippen LogP contribution in [0.3, 0.4) is 0 Å². The molecule has 0 saturated carbocycles. The van der Waals surface area contributed by atoms with Crippen LogP contribution in [0.5, 0.6) is 0 Å². The Hall–Kier alpha value is -3.57. The van der Waals surface area contributed by atoms with Crippen molar-refractivity contribution in [2.24, 2.45) is 5.92 Å². The average molecular weight is 434 g/mol. The van der Waals surface area contributed by atoms with Crippen LogP contribution in [0.25, 0.3) is 21.8 Å². The zero-order valence-corrected chi connectivity index (χ0v) is 18.1. The Morgan fingerprint density at radius 3 is 2.61 bits per heavy atom. The van der Waals surface area contributed by atoms with E-state index in [0.29, 0.717) is 12.0 Å². The fourth-order valence-corrected chi connectivity index (χ4v) is 3.80. The molecule has 8 heteroatoms. The Bertz CT molecular complexity index is 1070. The first-order valence-corrected chi connectivity index (χ1v) is 10.8. The highest BCUT2D eigenvalue weighted by Crippen LogP contribution is 2.28.